The highest BCUT2D eigenvalue weighted by Gasteiger charge is 2.18. The van der Waals surface area contributed by atoms with Crippen molar-refractivity contribution in [3.8, 4) is 5.75 Å². The van der Waals surface area contributed by atoms with Crippen LogP contribution in [-0.2, 0) is 4.79 Å². The van der Waals surface area contributed by atoms with E-state index < -0.39 is 6.10 Å². The minimum atomic E-state index is -0.482. The number of ether oxygens (including phenoxy) is 1. The van der Waals surface area contributed by atoms with Gasteiger partial charge in [-0.15, -0.1) is 0 Å². The molecule has 146 valence electrons. The van der Waals surface area contributed by atoms with Gasteiger partial charge in [0.15, 0.2) is 6.10 Å². The van der Waals surface area contributed by atoms with E-state index in [-0.39, 0.29) is 5.91 Å². The van der Waals surface area contributed by atoms with E-state index in [1.807, 2.05) is 19.9 Å². The second-order valence-electron chi connectivity index (χ2n) is 8.15. The Morgan fingerprint density at radius 2 is 2.12 bits per heavy atom. The Balaban J connectivity index is 1.76. The van der Waals surface area contributed by atoms with Gasteiger partial charge in [-0.25, -0.2) is 0 Å². The summed E-state index contributed by atoms with van der Waals surface area (Å²) >= 11 is 0. The van der Waals surface area contributed by atoms with Crippen LogP contribution in [0, 0.1) is 12.8 Å². The number of benzene rings is 1. The van der Waals surface area contributed by atoms with Crippen molar-refractivity contribution < 1.29 is 9.53 Å². The third kappa shape index (κ3) is 6.31. The number of likely N-dealkylation sites (tertiary alicyclic amines) is 1. The molecule has 4 nitrogen and oxygen atoms in total. The van der Waals surface area contributed by atoms with Gasteiger partial charge < -0.3 is 15.0 Å². The van der Waals surface area contributed by atoms with E-state index >= 15 is 0 Å². The molecule has 1 aromatic rings. The number of nitrogens with one attached hydrogen (secondary N) is 1. The van der Waals surface area contributed by atoms with Gasteiger partial charge >= 0.3 is 0 Å². The number of carbonyl (C=O) groups excluding carboxylic acids is 1. The molecule has 1 aliphatic heterocycles. The lowest BCUT2D eigenvalue weighted by atomic mass is 10.0. The monoisotopic (exact) mass is 360 g/mol. The van der Waals surface area contributed by atoms with E-state index in [2.05, 4.69) is 43.1 Å². The van der Waals surface area contributed by atoms with Gasteiger partial charge in [-0.2, -0.15) is 0 Å². The maximum atomic E-state index is 12.4. The molecule has 2 atom stereocenters. The van der Waals surface area contributed by atoms with Crippen molar-refractivity contribution in [2.75, 3.05) is 26.2 Å². The topological polar surface area (TPSA) is 41.6 Å². The average molecular weight is 361 g/mol. The van der Waals surface area contributed by atoms with Gasteiger partial charge in [0, 0.05) is 13.1 Å². The summed E-state index contributed by atoms with van der Waals surface area (Å²) in [5.41, 5.74) is 2.29. The first kappa shape index (κ1) is 20.8. The fourth-order valence-electron chi connectivity index (χ4n) is 3.61. The predicted molar refractivity (Wildman–Crippen MR) is 108 cm³/mol. The van der Waals surface area contributed by atoms with Crippen molar-refractivity contribution in [2.45, 2.75) is 65.9 Å². The lowest BCUT2D eigenvalue weighted by molar-refractivity contribution is -0.127. The number of nitrogens with zero attached hydrogens (tertiary/aromatic N) is 1. The Hall–Kier alpha value is -1.55. The standard InChI is InChI=1S/C22H36N2O2/c1-16(2)20-10-9-17(3)14-21(20)26-19(5)22(25)23-11-7-13-24-12-6-8-18(4)15-24/h9-10,14,16,18-19H,6-8,11-13,15H2,1-5H3,(H,23,25)/t18-,19-/m0/s1. The summed E-state index contributed by atoms with van der Waals surface area (Å²) in [5, 5.41) is 3.03. The molecule has 1 amide bonds. The number of amides is 1. The van der Waals surface area contributed by atoms with E-state index in [1.165, 1.54) is 25.9 Å². The fraction of sp³-hybridized carbons (Fsp3) is 0.682. The molecule has 1 N–H and O–H groups in total. The molecule has 0 aliphatic carbocycles. The summed E-state index contributed by atoms with van der Waals surface area (Å²) < 4.78 is 5.99. The predicted octanol–water partition coefficient (Wildman–Crippen LogP) is 4.12. The molecular formula is C22H36N2O2. The molecule has 1 aromatic carbocycles. The van der Waals surface area contributed by atoms with Crippen LogP contribution in [0.15, 0.2) is 18.2 Å². The Morgan fingerprint density at radius 1 is 1.35 bits per heavy atom. The van der Waals surface area contributed by atoms with Crippen LogP contribution in [0.4, 0.5) is 0 Å². The third-order valence-electron chi connectivity index (χ3n) is 5.16. The van der Waals surface area contributed by atoms with E-state index in [1.54, 1.807) is 0 Å². The molecule has 0 radical (unpaired) electrons. The summed E-state index contributed by atoms with van der Waals surface area (Å²) in [4.78, 5) is 14.9. The molecule has 0 aromatic heterocycles. The van der Waals surface area contributed by atoms with Crippen LogP contribution in [0.2, 0.25) is 0 Å². The van der Waals surface area contributed by atoms with Gasteiger partial charge in [-0.1, -0.05) is 32.9 Å². The van der Waals surface area contributed by atoms with Crippen LogP contribution < -0.4 is 10.1 Å². The third-order valence-corrected chi connectivity index (χ3v) is 5.16. The smallest absolute Gasteiger partial charge is 0.260 e. The SMILES string of the molecule is Cc1ccc(C(C)C)c(O[C@@H](C)C(=O)NCCCN2CCC[C@H](C)C2)c1. The molecule has 4 heteroatoms. The summed E-state index contributed by atoms with van der Waals surface area (Å²) in [6.07, 6.45) is 3.16. The second kappa shape index (κ2) is 9.96. The zero-order valence-electron chi connectivity index (χ0n) is 17.2. The van der Waals surface area contributed by atoms with Crippen LogP contribution in [0.1, 0.15) is 64.0 Å². The average Bonchev–Trinajstić information content (AvgIpc) is 2.58. The Kier molecular flexibility index (Phi) is 7.95. The molecule has 1 heterocycles. The number of carbonyl (C=O) groups is 1. The molecule has 0 spiro atoms. The van der Waals surface area contributed by atoms with Crippen molar-refractivity contribution in [1.29, 1.82) is 0 Å². The van der Waals surface area contributed by atoms with Crippen molar-refractivity contribution in [2.24, 2.45) is 5.92 Å². The molecule has 0 saturated carbocycles. The van der Waals surface area contributed by atoms with E-state index in [0.29, 0.717) is 12.5 Å². The highest BCUT2D eigenvalue weighted by molar-refractivity contribution is 5.80. The molecule has 0 unspecified atom stereocenters. The molecule has 1 fully saturated rings. The van der Waals surface area contributed by atoms with Gasteiger partial charge in [0.25, 0.3) is 5.91 Å². The number of aryl methyl sites for hydroxylation is 1. The lowest BCUT2D eigenvalue weighted by Gasteiger charge is -2.30. The van der Waals surface area contributed by atoms with Crippen molar-refractivity contribution in [1.82, 2.24) is 10.2 Å². The van der Waals surface area contributed by atoms with Crippen LogP contribution in [-0.4, -0.2) is 43.1 Å². The van der Waals surface area contributed by atoms with Gasteiger partial charge in [0.2, 0.25) is 0 Å². The molecule has 2 rings (SSSR count). The first-order valence-corrected chi connectivity index (χ1v) is 10.1. The van der Waals surface area contributed by atoms with Crippen molar-refractivity contribution >= 4 is 5.91 Å². The summed E-state index contributed by atoms with van der Waals surface area (Å²) in [5.74, 6) is 1.96. The lowest BCUT2D eigenvalue weighted by Crippen LogP contribution is -2.39. The van der Waals surface area contributed by atoms with Crippen LogP contribution in [0.5, 0.6) is 5.75 Å². The molecule has 1 saturated heterocycles. The van der Waals surface area contributed by atoms with Gasteiger partial charge in [-0.3, -0.25) is 4.79 Å². The Labute approximate surface area is 159 Å². The van der Waals surface area contributed by atoms with Gasteiger partial charge in [-0.05, 0) is 75.2 Å². The van der Waals surface area contributed by atoms with E-state index in [9.17, 15) is 4.79 Å². The molecular weight excluding hydrogens is 324 g/mol. The first-order chi connectivity index (χ1) is 12.4. The van der Waals surface area contributed by atoms with Crippen LogP contribution >= 0.6 is 0 Å². The minimum absolute atomic E-state index is 0.0341. The quantitative estimate of drug-likeness (QED) is 0.709. The number of rotatable bonds is 8. The minimum Gasteiger partial charge on any atom is -0.481 e. The highest BCUT2D eigenvalue weighted by atomic mass is 16.5. The maximum absolute atomic E-state index is 12.4. The fourth-order valence-corrected chi connectivity index (χ4v) is 3.61. The van der Waals surface area contributed by atoms with E-state index in [4.69, 9.17) is 4.74 Å². The normalized spacial score (nSPS) is 19.4. The maximum Gasteiger partial charge on any atom is 0.260 e. The summed E-state index contributed by atoms with van der Waals surface area (Å²) in [7, 11) is 0. The van der Waals surface area contributed by atoms with Crippen molar-refractivity contribution in [3.63, 3.8) is 0 Å². The molecule has 1 aliphatic rings. The largest absolute Gasteiger partial charge is 0.481 e. The number of hydrogen-bond acceptors (Lipinski definition) is 3. The number of piperidine rings is 1. The van der Waals surface area contributed by atoms with Gasteiger partial charge in [0.1, 0.15) is 5.75 Å². The second-order valence-corrected chi connectivity index (χ2v) is 8.15. The van der Waals surface area contributed by atoms with Crippen LogP contribution in [0.25, 0.3) is 0 Å². The zero-order chi connectivity index (χ0) is 19.1. The van der Waals surface area contributed by atoms with Gasteiger partial charge in [0.05, 0.1) is 0 Å². The Morgan fingerprint density at radius 3 is 2.81 bits per heavy atom. The molecule has 0 bridgehead atoms. The van der Waals surface area contributed by atoms with Crippen molar-refractivity contribution in [3.05, 3.63) is 29.3 Å². The first-order valence-electron chi connectivity index (χ1n) is 10.1. The summed E-state index contributed by atoms with van der Waals surface area (Å²) in [6.45, 7) is 14.6. The Bertz CT molecular complexity index is 586. The summed E-state index contributed by atoms with van der Waals surface area (Å²) in [6, 6.07) is 6.21. The van der Waals surface area contributed by atoms with E-state index in [0.717, 1.165) is 35.8 Å². The molecule has 26 heavy (non-hydrogen) atoms. The number of hydrogen-bond donors (Lipinski definition) is 1. The highest BCUT2D eigenvalue weighted by Crippen LogP contribution is 2.28. The zero-order valence-corrected chi connectivity index (χ0v) is 17.2. The van der Waals surface area contributed by atoms with Crippen LogP contribution in [0.3, 0.4) is 0 Å².